The van der Waals surface area contributed by atoms with E-state index in [9.17, 15) is 0 Å². The van der Waals surface area contributed by atoms with Crippen molar-refractivity contribution in [3.05, 3.63) is 0 Å². The summed E-state index contributed by atoms with van der Waals surface area (Å²) < 4.78 is 0. The summed E-state index contributed by atoms with van der Waals surface area (Å²) in [6.45, 7) is 11.9. The molecule has 0 radical (unpaired) electrons. The lowest BCUT2D eigenvalue weighted by Gasteiger charge is -2.27. The highest BCUT2D eigenvalue weighted by Gasteiger charge is 2.19. The summed E-state index contributed by atoms with van der Waals surface area (Å²) in [6, 6.07) is 0. The van der Waals surface area contributed by atoms with Crippen LogP contribution in [0.4, 0.5) is 0 Å². The standard InChI is InChI=1S/C18H38/c1-6-8-9-10-11-12-13-14-15-18(4,5)16-17(3)7-2/h17H,6-16H2,1-5H3. The summed E-state index contributed by atoms with van der Waals surface area (Å²) in [6.07, 6.45) is 15.7. The topological polar surface area (TPSA) is 0 Å². The van der Waals surface area contributed by atoms with Crippen LogP contribution in [0.5, 0.6) is 0 Å². The predicted octanol–water partition coefficient (Wildman–Crippen LogP) is 6.98. The van der Waals surface area contributed by atoms with Gasteiger partial charge in [-0.3, -0.25) is 0 Å². The van der Waals surface area contributed by atoms with E-state index in [4.69, 9.17) is 0 Å². The van der Waals surface area contributed by atoms with Crippen LogP contribution in [0.25, 0.3) is 0 Å². The van der Waals surface area contributed by atoms with Crippen molar-refractivity contribution in [3.8, 4) is 0 Å². The van der Waals surface area contributed by atoms with Crippen molar-refractivity contribution >= 4 is 0 Å². The molecule has 0 spiro atoms. The first-order chi connectivity index (χ1) is 8.52. The lowest BCUT2D eigenvalue weighted by molar-refractivity contribution is 0.244. The second-order valence-corrected chi connectivity index (χ2v) is 7.11. The molecule has 0 bridgehead atoms. The zero-order valence-corrected chi connectivity index (χ0v) is 13.9. The molecule has 0 rings (SSSR count). The van der Waals surface area contributed by atoms with Gasteiger partial charge in [0, 0.05) is 0 Å². The number of hydrogen-bond acceptors (Lipinski definition) is 0. The van der Waals surface area contributed by atoms with E-state index in [0.29, 0.717) is 5.41 Å². The molecule has 0 N–H and O–H groups in total. The Hall–Kier alpha value is 0. The fourth-order valence-electron chi connectivity index (χ4n) is 2.93. The summed E-state index contributed by atoms with van der Waals surface area (Å²) >= 11 is 0. The molecule has 0 saturated carbocycles. The predicted molar refractivity (Wildman–Crippen MR) is 85.1 cm³/mol. The van der Waals surface area contributed by atoms with Crippen LogP contribution in [-0.4, -0.2) is 0 Å². The van der Waals surface area contributed by atoms with E-state index in [1.807, 2.05) is 0 Å². The van der Waals surface area contributed by atoms with Crippen LogP contribution in [0.15, 0.2) is 0 Å². The SMILES string of the molecule is CCCCCCCCCCC(C)(C)CC(C)CC. The average Bonchev–Trinajstić information content (AvgIpc) is 2.31. The van der Waals surface area contributed by atoms with Crippen LogP contribution in [0.1, 0.15) is 105 Å². The van der Waals surface area contributed by atoms with Gasteiger partial charge < -0.3 is 0 Å². The van der Waals surface area contributed by atoms with Gasteiger partial charge in [0.1, 0.15) is 0 Å². The molecule has 0 amide bonds. The van der Waals surface area contributed by atoms with E-state index >= 15 is 0 Å². The minimum Gasteiger partial charge on any atom is -0.0654 e. The second kappa shape index (κ2) is 10.9. The smallest absolute Gasteiger partial charge is 0.0352 e. The van der Waals surface area contributed by atoms with Gasteiger partial charge in [-0.25, -0.2) is 0 Å². The van der Waals surface area contributed by atoms with Gasteiger partial charge in [0.2, 0.25) is 0 Å². The highest BCUT2D eigenvalue weighted by atomic mass is 14.2. The fraction of sp³-hybridized carbons (Fsp3) is 1.00. The molecular weight excluding hydrogens is 216 g/mol. The van der Waals surface area contributed by atoms with Gasteiger partial charge >= 0.3 is 0 Å². The molecule has 0 aromatic rings. The zero-order valence-electron chi connectivity index (χ0n) is 13.9. The third kappa shape index (κ3) is 11.1. The minimum atomic E-state index is 0.567. The molecule has 0 aromatic heterocycles. The van der Waals surface area contributed by atoms with Crippen LogP contribution in [0.2, 0.25) is 0 Å². The Kier molecular flexibility index (Phi) is 10.9. The second-order valence-electron chi connectivity index (χ2n) is 7.11. The van der Waals surface area contributed by atoms with E-state index in [-0.39, 0.29) is 0 Å². The van der Waals surface area contributed by atoms with E-state index in [1.165, 1.54) is 70.6 Å². The maximum atomic E-state index is 2.46. The van der Waals surface area contributed by atoms with Crippen LogP contribution < -0.4 is 0 Å². The molecule has 0 heteroatoms. The summed E-state index contributed by atoms with van der Waals surface area (Å²) in [5.41, 5.74) is 0.567. The molecule has 0 aliphatic rings. The first-order valence-corrected chi connectivity index (χ1v) is 8.52. The van der Waals surface area contributed by atoms with Crippen molar-refractivity contribution in [2.75, 3.05) is 0 Å². The highest BCUT2D eigenvalue weighted by Crippen LogP contribution is 2.32. The fourth-order valence-corrected chi connectivity index (χ4v) is 2.93. The van der Waals surface area contributed by atoms with E-state index in [0.717, 1.165) is 5.92 Å². The van der Waals surface area contributed by atoms with Gasteiger partial charge in [0.25, 0.3) is 0 Å². The van der Waals surface area contributed by atoms with Gasteiger partial charge in [-0.1, -0.05) is 92.4 Å². The summed E-state index contributed by atoms with van der Waals surface area (Å²) in [5.74, 6) is 0.897. The lowest BCUT2D eigenvalue weighted by atomic mass is 9.78. The van der Waals surface area contributed by atoms with Gasteiger partial charge in [0.15, 0.2) is 0 Å². The molecule has 0 aromatic carbocycles. The average molecular weight is 255 g/mol. The van der Waals surface area contributed by atoms with E-state index in [1.54, 1.807) is 0 Å². The Morgan fingerprint density at radius 1 is 0.778 bits per heavy atom. The van der Waals surface area contributed by atoms with Crippen molar-refractivity contribution in [1.29, 1.82) is 0 Å². The van der Waals surface area contributed by atoms with E-state index < -0.39 is 0 Å². The van der Waals surface area contributed by atoms with Crippen LogP contribution in [0.3, 0.4) is 0 Å². The molecular formula is C18H38. The number of rotatable bonds is 12. The maximum Gasteiger partial charge on any atom is -0.0352 e. The lowest BCUT2D eigenvalue weighted by Crippen LogP contribution is -2.15. The molecule has 0 nitrogen and oxygen atoms in total. The Labute approximate surface area is 117 Å². The molecule has 1 atom stereocenters. The minimum absolute atomic E-state index is 0.567. The molecule has 0 saturated heterocycles. The number of hydrogen-bond donors (Lipinski definition) is 0. The Bertz CT molecular complexity index is 169. The Balaban J connectivity index is 3.41. The molecule has 110 valence electrons. The molecule has 0 heterocycles. The first kappa shape index (κ1) is 18.0. The third-order valence-corrected chi connectivity index (χ3v) is 4.31. The maximum absolute atomic E-state index is 2.46. The summed E-state index contributed by atoms with van der Waals surface area (Å²) in [7, 11) is 0. The molecule has 0 aliphatic carbocycles. The zero-order chi connectivity index (χ0) is 13.9. The third-order valence-electron chi connectivity index (χ3n) is 4.31. The van der Waals surface area contributed by atoms with Crippen LogP contribution in [-0.2, 0) is 0 Å². The van der Waals surface area contributed by atoms with Gasteiger partial charge in [-0.05, 0) is 24.2 Å². The highest BCUT2D eigenvalue weighted by molar-refractivity contribution is 4.71. The van der Waals surface area contributed by atoms with Crippen molar-refractivity contribution in [2.45, 2.75) is 105 Å². The van der Waals surface area contributed by atoms with Crippen molar-refractivity contribution < 1.29 is 0 Å². The van der Waals surface area contributed by atoms with Crippen LogP contribution >= 0.6 is 0 Å². The van der Waals surface area contributed by atoms with Gasteiger partial charge in [0.05, 0.1) is 0 Å². The number of unbranched alkanes of at least 4 members (excludes halogenated alkanes) is 7. The normalized spacial score (nSPS) is 13.8. The Morgan fingerprint density at radius 3 is 1.78 bits per heavy atom. The molecule has 0 aliphatic heterocycles. The molecule has 1 unspecified atom stereocenters. The van der Waals surface area contributed by atoms with Crippen molar-refractivity contribution in [2.24, 2.45) is 11.3 Å². The molecule has 18 heavy (non-hydrogen) atoms. The van der Waals surface area contributed by atoms with Gasteiger partial charge in [-0.2, -0.15) is 0 Å². The first-order valence-electron chi connectivity index (χ1n) is 8.52. The Morgan fingerprint density at radius 2 is 1.28 bits per heavy atom. The van der Waals surface area contributed by atoms with Crippen molar-refractivity contribution in [1.82, 2.24) is 0 Å². The monoisotopic (exact) mass is 254 g/mol. The van der Waals surface area contributed by atoms with Crippen molar-refractivity contribution in [3.63, 3.8) is 0 Å². The largest absolute Gasteiger partial charge is 0.0654 e. The summed E-state index contributed by atoms with van der Waals surface area (Å²) in [5, 5.41) is 0. The van der Waals surface area contributed by atoms with E-state index in [2.05, 4.69) is 34.6 Å². The quantitative estimate of drug-likeness (QED) is 0.329. The van der Waals surface area contributed by atoms with Gasteiger partial charge in [-0.15, -0.1) is 0 Å². The molecule has 0 fully saturated rings. The summed E-state index contributed by atoms with van der Waals surface area (Å²) in [4.78, 5) is 0. The van der Waals surface area contributed by atoms with Crippen LogP contribution in [0, 0.1) is 11.3 Å².